The van der Waals surface area contributed by atoms with E-state index in [9.17, 15) is 0 Å². The zero-order valence-corrected chi connectivity index (χ0v) is 11.2. The minimum Gasteiger partial charge on any atom is -0.0853 e. The van der Waals surface area contributed by atoms with Gasteiger partial charge >= 0.3 is 0 Å². The van der Waals surface area contributed by atoms with Gasteiger partial charge in [0.05, 0.1) is 0 Å². The number of allylic oxidation sites excluding steroid dienone is 2. The van der Waals surface area contributed by atoms with E-state index in [0.29, 0.717) is 0 Å². The molecule has 0 aliphatic heterocycles. The summed E-state index contributed by atoms with van der Waals surface area (Å²) in [4.78, 5) is 0. The first-order valence-corrected chi connectivity index (χ1v) is 7.10. The minimum atomic E-state index is 0.779. The summed E-state index contributed by atoms with van der Waals surface area (Å²) in [5, 5.41) is 0. The summed E-state index contributed by atoms with van der Waals surface area (Å²) in [6.45, 7) is 4.52. The third-order valence-electron chi connectivity index (χ3n) is 4.05. The second kappa shape index (κ2) is 6.05. The van der Waals surface area contributed by atoms with Crippen LogP contribution >= 0.6 is 0 Å². The lowest BCUT2D eigenvalue weighted by atomic mass is 9.90. The van der Waals surface area contributed by atoms with Gasteiger partial charge in [-0.1, -0.05) is 49.8 Å². The molecule has 0 aromatic heterocycles. The summed E-state index contributed by atoms with van der Waals surface area (Å²) in [6.07, 6.45) is 10.1. The van der Waals surface area contributed by atoms with E-state index in [1.807, 2.05) is 0 Å². The molecule has 1 aromatic carbocycles. The van der Waals surface area contributed by atoms with Gasteiger partial charge in [-0.3, -0.25) is 0 Å². The SMILES string of the molecule is CCC1=CCCC(c2cccc(CC)c2)CC1. The van der Waals surface area contributed by atoms with Gasteiger partial charge in [0.1, 0.15) is 0 Å². The normalized spacial score (nSPS) is 20.8. The summed E-state index contributed by atoms with van der Waals surface area (Å²) < 4.78 is 0. The maximum atomic E-state index is 2.48. The molecule has 0 saturated carbocycles. The number of hydrogen-bond acceptors (Lipinski definition) is 0. The van der Waals surface area contributed by atoms with E-state index in [1.54, 1.807) is 11.1 Å². The van der Waals surface area contributed by atoms with Gasteiger partial charge in [-0.05, 0) is 55.6 Å². The van der Waals surface area contributed by atoms with Crippen LogP contribution in [0.5, 0.6) is 0 Å². The maximum Gasteiger partial charge on any atom is -0.0156 e. The first-order chi connectivity index (χ1) is 8.33. The second-order valence-electron chi connectivity index (χ2n) is 5.13. The van der Waals surface area contributed by atoms with Crippen LogP contribution in [0.25, 0.3) is 0 Å². The average molecular weight is 228 g/mol. The highest BCUT2D eigenvalue weighted by molar-refractivity contribution is 5.27. The largest absolute Gasteiger partial charge is 0.0853 e. The van der Waals surface area contributed by atoms with Gasteiger partial charge in [0.2, 0.25) is 0 Å². The zero-order chi connectivity index (χ0) is 12.1. The summed E-state index contributed by atoms with van der Waals surface area (Å²) in [5.41, 5.74) is 4.71. The van der Waals surface area contributed by atoms with E-state index >= 15 is 0 Å². The first kappa shape index (κ1) is 12.4. The van der Waals surface area contributed by atoms with E-state index in [1.165, 1.54) is 37.7 Å². The molecule has 0 saturated heterocycles. The Morgan fingerprint density at radius 2 is 2.00 bits per heavy atom. The highest BCUT2D eigenvalue weighted by Crippen LogP contribution is 2.32. The van der Waals surface area contributed by atoms with E-state index < -0.39 is 0 Å². The third kappa shape index (κ3) is 3.21. The van der Waals surface area contributed by atoms with Crippen LogP contribution in [0.2, 0.25) is 0 Å². The Bertz CT molecular complexity index is 387. The quantitative estimate of drug-likeness (QED) is 0.620. The van der Waals surface area contributed by atoms with E-state index in [2.05, 4.69) is 44.2 Å². The second-order valence-corrected chi connectivity index (χ2v) is 5.13. The summed E-state index contributed by atoms with van der Waals surface area (Å²) in [6, 6.07) is 9.21. The molecule has 0 nitrogen and oxygen atoms in total. The highest BCUT2D eigenvalue weighted by atomic mass is 14.2. The number of benzene rings is 1. The van der Waals surface area contributed by atoms with Gasteiger partial charge < -0.3 is 0 Å². The number of hydrogen-bond donors (Lipinski definition) is 0. The van der Waals surface area contributed by atoms with Crippen molar-refractivity contribution >= 4 is 0 Å². The van der Waals surface area contributed by atoms with Crippen molar-refractivity contribution in [1.29, 1.82) is 0 Å². The van der Waals surface area contributed by atoms with Crippen molar-refractivity contribution in [2.45, 2.75) is 58.3 Å². The van der Waals surface area contributed by atoms with Gasteiger partial charge in [-0.15, -0.1) is 0 Å². The summed E-state index contributed by atoms with van der Waals surface area (Å²) in [7, 11) is 0. The van der Waals surface area contributed by atoms with E-state index in [-0.39, 0.29) is 0 Å². The lowest BCUT2D eigenvalue weighted by Crippen LogP contribution is -1.98. The maximum absolute atomic E-state index is 2.48. The smallest absolute Gasteiger partial charge is 0.0156 e. The van der Waals surface area contributed by atoms with Crippen molar-refractivity contribution in [1.82, 2.24) is 0 Å². The molecule has 1 aromatic rings. The van der Waals surface area contributed by atoms with Crippen LogP contribution in [0.1, 0.15) is 63.0 Å². The lowest BCUT2D eigenvalue weighted by Gasteiger charge is -2.15. The molecule has 0 bridgehead atoms. The average Bonchev–Trinajstić information content (AvgIpc) is 2.64. The molecule has 0 radical (unpaired) electrons. The van der Waals surface area contributed by atoms with Crippen molar-refractivity contribution in [2.75, 3.05) is 0 Å². The molecule has 1 aliphatic carbocycles. The lowest BCUT2D eigenvalue weighted by molar-refractivity contribution is 0.596. The molecule has 0 heteroatoms. The standard InChI is InChI=1S/C17H24/c1-3-14-7-5-9-16(12-11-14)17-10-6-8-15(4-2)13-17/h6-8,10,13,16H,3-5,9,11-12H2,1-2H3. The van der Waals surface area contributed by atoms with Crippen molar-refractivity contribution in [3.63, 3.8) is 0 Å². The molecule has 0 spiro atoms. The molecular formula is C17H24. The van der Waals surface area contributed by atoms with Crippen molar-refractivity contribution in [3.05, 3.63) is 47.0 Å². The first-order valence-electron chi connectivity index (χ1n) is 7.10. The summed E-state index contributed by atoms with van der Waals surface area (Å²) >= 11 is 0. The Morgan fingerprint density at radius 3 is 2.76 bits per heavy atom. The Labute approximate surface area is 106 Å². The Balaban J connectivity index is 2.08. The Kier molecular flexibility index (Phi) is 4.42. The van der Waals surface area contributed by atoms with E-state index in [0.717, 1.165) is 12.3 Å². The predicted molar refractivity (Wildman–Crippen MR) is 75.4 cm³/mol. The molecule has 2 rings (SSSR count). The van der Waals surface area contributed by atoms with Gasteiger partial charge in [-0.2, -0.15) is 0 Å². The number of aryl methyl sites for hydroxylation is 1. The van der Waals surface area contributed by atoms with Gasteiger partial charge in [-0.25, -0.2) is 0 Å². The van der Waals surface area contributed by atoms with Crippen molar-refractivity contribution in [3.8, 4) is 0 Å². The fraction of sp³-hybridized carbons (Fsp3) is 0.529. The Morgan fingerprint density at radius 1 is 1.12 bits per heavy atom. The van der Waals surface area contributed by atoms with Crippen LogP contribution in [-0.2, 0) is 6.42 Å². The number of rotatable bonds is 3. The van der Waals surface area contributed by atoms with Crippen LogP contribution in [0, 0.1) is 0 Å². The topological polar surface area (TPSA) is 0 Å². The molecule has 0 heterocycles. The van der Waals surface area contributed by atoms with Crippen LogP contribution < -0.4 is 0 Å². The van der Waals surface area contributed by atoms with Crippen molar-refractivity contribution in [2.24, 2.45) is 0 Å². The molecule has 1 atom stereocenters. The van der Waals surface area contributed by atoms with Crippen LogP contribution in [-0.4, -0.2) is 0 Å². The molecule has 0 fully saturated rings. The molecule has 1 aliphatic rings. The van der Waals surface area contributed by atoms with Gasteiger partial charge in [0.25, 0.3) is 0 Å². The van der Waals surface area contributed by atoms with Gasteiger partial charge in [0, 0.05) is 0 Å². The monoisotopic (exact) mass is 228 g/mol. The zero-order valence-electron chi connectivity index (χ0n) is 11.2. The third-order valence-corrected chi connectivity index (χ3v) is 4.05. The molecular weight excluding hydrogens is 204 g/mol. The van der Waals surface area contributed by atoms with Gasteiger partial charge in [0.15, 0.2) is 0 Å². The molecule has 1 unspecified atom stereocenters. The predicted octanol–water partition coefficient (Wildman–Crippen LogP) is 5.24. The van der Waals surface area contributed by atoms with Crippen molar-refractivity contribution < 1.29 is 0 Å². The van der Waals surface area contributed by atoms with Crippen LogP contribution in [0.15, 0.2) is 35.9 Å². The molecule has 0 N–H and O–H groups in total. The fourth-order valence-electron chi connectivity index (χ4n) is 2.82. The summed E-state index contributed by atoms with van der Waals surface area (Å²) in [5.74, 6) is 0.779. The highest BCUT2D eigenvalue weighted by Gasteiger charge is 2.14. The Hall–Kier alpha value is -1.04. The van der Waals surface area contributed by atoms with Crippen LogP contribution in [0.4, 0.5) is 0 Å². The molecule has 92 valence electrons. The van der Waals surface area contributed by atoms with E-state index in [4.69, 9.17) is 0 Å². The minimum absolute atomic E-state index is 0.779. The van der Waals surface area contributed by atoms with Crippen LogP contribution in [0.3, 0.4) is 0 Å². The fourth-order valence-corrected chi connectivity index (χ4v) is 2.82. The molecule has 17 heavy (non-hydrogen) atoms. The molecule has 0 amide bonds.